The molecule has 2 aliphatic heterocycles. The fraction of sp³-hybridized carbons (Fsp3) is 0.469. The van der Waals surface area contributed by atoms with Gasteiger partial charge in [0.2, 0.25) is 5.91 Å². The smallest absolute Gasteiger partial charge is 0.430 e. The standard InChI is InChI=1S/C30H38N4O6P.C2HF3O2/c1-4-32-25-13-12-22(40-21-41(2,3)38)19-26(25)33(16-18-39-17-15-31-14-8-7-11-28(31)35)27(32)20-34-29(36)23-9-5-6-10-24(23)30(34)37;3-2(4,5)1(6)7/h5-6,9-10,12-13,19H,4,7-8,11,14-18,20-21H2,1-3H3;(H,6,7)/q+1;/p-1. The molecule has 0 N–H and O–H groups in total. The van der Waals surface area contributed by atoms with E-state index in [9.17, 15) is 32.1 Å². The molecule has 1 saturated heterocycles. The number of carboxylic acids is 1. The van der Waals surface area contributed by atoms with Gasteiger partial charge in [-0.1, -0.05) is 12.1 Å². The largest absolute Gasteiger partial charge is 0.542 e. The highest BCUT2D eigenvalue weighted by Crippen LogP contribution is 2.36. The molecule has 12 nitrogen and oxygen atoms in total. The minimum absolute atomic E-state index is 0.104. The summed E-state index contributed by atoms with van der Waals surface area (Å²) in [5.41, 5.74) is 2.63. The van der Waals surface area contributed by atoms with Crippen LogP contribution in [0.5, 0.6) is 5.75 Å². The van der Waals surface area contributed by atoms with Gasteiger partial charge in [-0.05, 0) is 57.4 Å². The van der Waals surface area contributed by atoms with E-state index in [0.717, 1.165) is 36.2 Å². The average Bonchev–Trinajstić information content (AvgIpc) is 3.45. The summed E-state index contributed by atoms with van der Waals surface area (Å²) < 4.78 is 59.8. The van der Waals surface area contributed by atoms with Gasteiger partial charge in [0.25, 0.3) is 17.6 Å². The van der Waals surface area contributed by atoms with Crippen LogP contribution in [0, 0.1) is 0 Å². The number of benzene rings is 2. The predicted molar refractivity (Wildman–Crippen MR) is 166 cm³/mol. The molecule has 3 heterocycles. The van der Waals surface area contributed by atoms with Crippen molar-refractivity contribution in [1.29, 1.82) is 0 Å². The van der Waals surface area contributed by atoms with Crippen molar-refractivity contribution in [2.45, 2.75) is 52.0 Å². The highest BCUT2D eigenvalue weighted by atomic mass is 31.2. The number of fused-ring (bicyclic) bond motifs is 2. The minimum Gasteiger partial charge on any atom is -0.542 e. The first-order valence-corrected chi connectivity index (χ1v) is 18.2. The van der Waals surface area contributed by atoms with Crippen LogP contribution < -0.4 is 14.4 Å². The zero-order valence-corrected chi connectivity index (χ0v) is 27.9. The van der Waals surface area contributed by atoms with Crippen LogP contribution in [-0.4, -0.2) is 90.2 Å². The third-order valence-corrected chi connectivity index (χ3v) is 8.56. The van der Waals surface area contributed by atoms with Crippen LogP contribution in [0.4, 0.5) is 13.2 Å². The van der Waals surface area contributed by atoms with Gasteiger partial charge in [0.05, 0.1) is 30.9 Å². The van der Waals surface area contributed by atoms with Gasteiger partial charge >= 0.3 is 6.18 Å². The zero-order valence-electron chi connectivity index (χ0n) is 27.0. The summed E-state index contributed by atoms with van der Waals surface area (Å²) in [5.74, 6) is -2.05. The van der Waals surface area contributed by atoms with Crippen molar-refractivity contribution >= 4 is 41.9 Å². The number of amides is 3. The molecule has 0 bridgehead atoms. The summed E-state index contributed by atoms with van der Waals surface area (Å²) in [6, 6.07) is 12.6. The van der Waals surface area contributed by atoms with E-state index in [0.29, 0.717) is 56.1 Å². The molecule has 0 spiro atoms. The van der Waals surface area contributed by atoms with E-state index in [-0.39, 0.29) is 30.6 Å². The van der Waals surface area contributed by atoms with Crippen molar-refractivity contribution < 1.29 is 56.1 Å². The lowest BCUT2D eigenvalue weighted by Gasteiger charge is -2.26. The molecule has 48 heavy (non-hydrogen) atoms. The fourth-order valence-electron chi connectivity index (χ4n) is 5.52. The second-order valence-electron chi connectivity index (χ2n) is 11.8. The number of hydrogen-bond donors (Lipinski definition) is 0. The van der Waals surface area contributed by atoms with Gasteiger partial charge in [-0.3, -0.25) is 19.3 Å². The number of carboxylic acid groups (broad SMARTS) is 1. The van der Waals surface area contributed by atoms with Crippen LogP contribution in [0.15, 0.2) is 42.5 Å². The van der Waals surface area contributed by atoms with Gasteiger partial charge in [0, 0.05) is 25.6 Å². The molecule has 2 aromatic carbocycles. The highest BCUT2D eigenvalue weighted by Gasteiger charge is 2.38. The molecule has 1 fully saturated rings. The molecular weight excluding hydrogens is 656 g/mol. The fourth-order valence-corrected chi connectivity index (χ4v) is 5.98. The predicted octanol–water partition coefficient (Wildman–Crippen LogP) is 3.03. The molecule has 0 radical (unpaired) electrons. The van der Waals surface area contributed by atoms with Crippen molar-refractivity contribution in [2.75, 3.05) is 46.0 Å². The summed E-state index contributed by atoms with van der Waals surface area (Å²) in [5, 5.41) is 8.78. The van der Waals surface area contributed by atoms with Crippen LogP contribution >= 0.6 is 7.14 Å². The van der Waals surface area contributed by atoms with Crippen LogP contribution in [0.2, 0.25) is 0 Å². The highest BCUT2D eigenvalue weighted by molar-refractivity contribution is 7.62. The zero-order chi connectivity index (χ0) is 35.2. The Morgan fingerprint density at radius 2 is 1.62 bits per heavy atom. The van der Waals surface area contributed by atoms with Crippen molar-refractivity contribution in [3.05, 3.63) is 59.4 Å². The molecule has 0 aliphatic carbocycles. The number of likely N-dealkylation sites (tertiary alicyclic amines) is 1. The van der Waals surface area contributed by atoms with E-state index in [2.05, 4.69) is 9.13 Å². The van der Waals surface area contributed by atoms with E-state index in [4.69, 9.17) is 19.4 Å². The van der Waals surface area contributed by atoms with Gasteiger partial charge < -0.3 is 28.8 Å². The average molecular weight is 695 g/mol. The topological polar surface area (TPSA) is 142 Å². The number of piperidine rings is 1. The molecule has 0 unspecified atom stereocenters. The Labute approximate surface area is 275 Å². The van der Waals surface area contributed by atoms with Gasteiger partial charge in [0.15, 0.2) is 11.0 Å². The van der Waals surface area contributed by atoms with Crippen LogP contribution in [-0.2, 0) is 38.5 Å². The number of aliphatic carboxylic acids is 1. The van der Waals surface area contributed by atoms with Gasteiger partial charge in [-0.25, -0.2) is 9.13 Å². The number of aromatic nitrogens is 2. The van der Waals surface area contributed by atoms with Gasteiger partial charge in [-0.2, -0.15) is 13.2 Å². The second kappa shape index (κ2) is 15.3. The van der Waals surface area contributed by atoms with Crippen molar-refractivity contribution in [1.82, 2.24) is 14.4 Å². The number of carbonyl (C=O) groups excluding carboxylic acids is 4. The number of carbonyl (C=O) groups is 4. The lowest BCUT2D eigenvalue weighted by Crippen LogP contribution is -2.42. The molecular formula is C32H38F3N4O8P. The molecule has 2 aliphatic rings. The van der Waals surface area contributed by atoms with Crippen LogP contribution in [0.1, 0.15) is 52.7 Å². The van der Waals surface area contributed by atoms with Gasteiger partial charge in [0.1, 0.15) is 38.3 Å². The third-order valence-electron chi connectivity index (χ3n) is 7.81. The summed E-state index contributed by atoms with van der Waals surface area (Å²) in [4.78, 5) is 50.5. The first-order chi connectivity index (χ1) is 22.6. The first kappa shape index (κ1) is 36.6. The Morgan fingerprint density at radius 1 is 1.00 bits per heavy atom. The van der Waals surface area contributed by atoms with E-state index < -0.39 is 19.3 Å². The number of hydrogen-bond acceptors (Lipinski definition) is 8. The van der Waals surface area contributed by atoms with Crippen molar-refractivity contribution in [2.24, 2.45) is 0 Å². The summed E-state index contributed by atoms with van der Waals surface area (Å²) in [6.45, 7) is 8.76. The Morgan fingerprint density at radius 3 is 2.19 bits per heavy atom. The number of nitrogens with zero attached hydrogens (tertiary/aromatic N) is 4. The molecule has 1 aromatic heterocycles. The maximum atomic E-state index is 13.2. The molecule has 260 valence electrons. The first-order valence-electron chi connectivity index (χ1n) is 15.4. The molecule has 16 heteroatoms. The Kier molecular flexibility index (Phi) is 11.7. The van der Waals surface area contributed by atoms with Crippen LogP contribution in [0.25, 0.3) is 11.0 Å². The molecule has 5 rings (SSSR count). The quantitative estimate of drug-likeness (QED) is 0.122. The lowest BCUT2D eigenvalue weighted by molar-refractivity contribution is -0.677. The Hall–Kier alpha value is -4.23. The number of ether oxygens (including phenoxy) is 2. The number of imidazole rings is 1. The normalized spacial score (nSPS) is 15.1. The molecule has 0 saturated carbocycles. The Balaban J connectivity index is 0.000000671. The van der Waals surface area contributed by atoms with Crippen molar-refractivity contribution in [3.8, 4) is 5.75 Å². The number of alkyl halides is 3. The number of imide groups is 1. The number of aryl methyl sites for hydroxylation is 1. The van der Waals surface area contributed by atoms with Crippen molar-refractivity contribution in [3.63, 3.8) is 0 Å². The molecule has 0 atom stereocenters. The van der Waals surface area contributed by atoms with E-state index in [1.54, 1.807) is 37.6 Å². The maximum absolute atomic E-state index is 13.2. The maximum Gasteiger partial charge on any atom is 0.430 e. The van der Waals surface area contributed by atoms with Crippen LogP contribution in [0.3, 0.4) is 0 Å². The van der Waals surface area contributed by atoms with Gasteiger partial charge in [-0.15, -0.1) is 0 Å². The molecule has 3 amide bonds. The monoisotopic (exact) mass is 694 g/mol. The minimum atomic E-state index is -5.19. The number of halogens is 3. The SMILES string of the molecule is CC[n+]1c(CN2C(=O)c3ccccc3C2=O)n(CCOCCN2CCCCC2=O)c2cc(OCP(C)(C)=O)ccc21.O=C([O-])C(F)(F)F. The summed E-state index contributed by atoms with van der Waals surface area (Å²) in [7, 11) is -2.38. The summed E-state index contributed by atoms with van der Waals surface area (Å²) >= 11 is 0. The molecule has 3 aromatic rings. The van der Waals surface area contributed by atoms with E-state index in [1.165, 1.54) is 4.90 Å². The lowest BCUT2D eigenvalue weighted by atomic mass is 10.1. The summed E-state index contributed by atoms with van der Waals surface area (Å²) in [6.07, 6.45) is -2.49. The second-order valence-corrected chi connectivity index (χ2v) is 15.2. The Bertz CT molecular complexity index is 1700. The van der Waals surface area contributed by atoms with E-state index in [1.807, 2.05) is 30.0 Å². The third kappa shape index (κ3) is 8.81. The van der Waals surface area contributed by atoms with E-state index >= 15 is 0 Å². The number of rotatable bonds is 12.